The van der Waals surface area contributed by atoms with Crippen LogP contribution in [-0.4, -0.2) is 38.1 Å². The number of fused-ring (bicyclic) bond motifs is 2. The van der Waals surface area contributed by atoms with E-state index >= 15 is 4.39 Å². The zero-order valence-electron chi connectivity index (χ0n) is 16.7. The third-order valence-electron chi connectivity index (χ3n) is 5.62. The largest absolute Gasteiger partial charge is 0.352 e. The molecule has 11 heteroatoms. The first kappa shape index (κ1) is 20.4. The molecular weight excluding hydrogens is 442 g/mol. The van der Waals surface area contributed by atoms with Gasteiger partial charge in [0, 0.05) is 28.3 Å². The lowest BCUT2D eigenvalue weighted by atomic mass is 9.97. The van der Waals surface area contributed by atoms with Crippen LogP contribution in [0.25, 0.3) is 27.7 Å². The molecule has 0 radical (unpaired) electrons. The van der Waals surface area contributed by atoms with Crippen molar-refractivity contribution in [3.05, 3.63) is 47.1 Å². The molecule has 5 rings (SSSR count). The van der Waals surface area contributed by atoms with Gasteiger partial charge in [0.05, 0.1) is 34.9 Å². The van der Waals surface area contributed by atoms with Crippen molar-refractivity contribution in [3.63, 3.8) is 0 Å². The standard InChI is InChI=1S/C21H17ClF2N6O2/c1-9(25-8-31)16-19(24)18(22)17(12-5-26-29-20(12)16)10-2-3-15-27-14(7-30(15)6-10)28-21(32)11-4-13(11)23/h2-3,5-9,11,13H,4H2,1H3,(H,25,31)(H,26,29)(H,28,32). The topological polar surface area (TPSA) is 104 Å². The molecule has 3 unspecified atom stereocenters. The minimum absolute atomic E-state index is 0.107. The van der Waals surface area contributed by atoms with E-state index in [-0.39, 0.29) is 17.0 Å². The Morgan fingerprint density at radius 2 is 2.19 bits per heavy atom. The van der Waals surface area contributed by atoms with E-state index in [1.54, 1.807) is 42.0 Å². The third-order valence-corrected chi connectivity index (χ3v) is 5.97. The summed E-state index contributed by atoms with van der Waals surface area (Å²) in [7, 11) is 0. The number of carbonyl (C=O) groups excluding carboxylic acids is 2. The maximum Gasteiger partial charge on any atom is 0.231 e. The highest BCUT2D eigenvalue weighted by Crippen LogP contribution is 2.41. The van der Waals surface area contributed by atoms with Gasteiger partial charge in [-0.1, -0.05) is 11.6 Å². The molecule has 0 aliphatic heterocycles. The van der Waals surface area contributed by atoms with E-state index in [1.807, 2.05) is 0 Å². The first-order valence-electron chi connectivity index (χ1n) is 9.86. The maximum absolute atomic E-state index is 15.3. The Bertz CT molecular complexity index is 1380. The minimum atomic E-state index is -1.10. The van der Waals surface area contributed by atoms with Gasteiger partial charge in [-0.3, -0.25) is 14.7 Å². The molecular formula is C21H17ClF2N6O2. The molecule has 0 spiro atoms. The number of aromatic amines is 1. The lowest BCUT2D eigenvalue weighted by Gasteiger charge is -2.17. The smallest absolute Gasteiger partial charge is 0.231 e. The lowest BCUT2D eigenvalue weighted by Crippen LogP contribution is -2.18. The third kappa shape index (κ3) is 3.27. The number of anilines is 1. The maximum atomic E-state index is 15.3. The predicted molar refractivity (Wildman–Crippen MR) is 114 cm³/mol. The number of hydrogen-bond acceptors (Lipinski definition) is 4. The number of alkyl halides is 1. The molecule has 1 aliphatic carbocycles. The van der Waals surface area contributed by atoms with E-state index in [4.69, 9.17) is 11.6 Å². The average Bonchev–Trinajstić information content (AvgIpc) is 3.12. The summed E-state index contributed by atoms with van der Waals surface area (Å²) in [5.74, 6) is -1.40. The molecule has 1 aliphatic rings. The number of imidazole rings is 1. The van der Waals surface area contributed by atoms with Crippen LogP contribution >= 0.6 is 11.6 Å². The summed E-state index contributed by atoms with van der Waals surface area (Å²) in [6.07, 6.45) is 4.46. The summed E-state index contributed by atoms with van der Waals surface area (Å²) in [5.41, 5.74) is 2.19. The average molecular weight is 459 g/mol. The van der Waals surface area contributed by atoms with Crippen LogP contribution in [0.15, 0.2) is 30.7 Å². The fourth-order valence-corrected chi connectivity index (χ4v) is 4.18. The summed E-state index contributed by atoms with van der Waals surface area (Å²) in [5, 5.41) is 12.4. The van der Waals surface area contributed by atoms with E-state index in [2.05, 4.69) is 25.8 Å². The van der Waals surface area contributed by atoms with Crippen molar-refractivity contribution in [3.8, 4) is 11.1 Å². The minimum Gasteiger partial charge on any atom is -0.352 e. The van der Waals surface area contributed by atoms with Gasteiger partial charge in [-0.05, 0) is 25.5 Å². The fraction of sp³-hybridized carbons (Fsp3) is 0.238. The number of carbonyl (C=O) groups is 2. The van der Waals surface area contributed by atoms with Gasteiger partial charge in [0.25, 0.3) is 0 Å². The first-order chi connectivity index (χ1) is 15.4. The molecule has 164 valence electrons. The van der Waals surface area contributed by atoms with Gasteiger partial charge in [0.2, 0.25) is 12.3 Å². The van der Waals surface area contributed by atoms with Gasteiger partial charge in [-0.25, -0.2) is 13.8 Å². The molecule has 3 heterocycles. The van der Waals surface area contributed by atoms with Crippen molar-refractivity contribution in [1.29, 1.82) is 0 Å². The van der Waals surface area contributed by atoms with Gasteiger partial charge >= 0.3 is 0 Å². The highest BCUT2D eigenvalue weighted by Gasteiger charge is 2.43. The van der Waals surface area contributed by atoms with E-state index in [0.29, 0.717) is 39.9 Å². The molecule has 1 aromatic carbocycles. The number of nitrogens with zero attached hydrogens (tertiary/aromatic N) is 3. The second-order valence-electron chi connectivity index (χ2n) is 7.74. The van der Waals surface area contributed by atoms with Gasteiger partial charge in [0.1, 0.15) is 17.6 Å². The number of benzene rings is 1. The Kier molecular flexibility index (Phi) is 4.81. The van der Waals surface area contributed by atoms with Crippen molar-refractivity contribution in [2.75, 3.05) is 5.32 Å². The number of pyridine rings is 1. The van der Waals surface area contributed by atoms with E-state index in [9.17, 15) is 14.0 Å². The summed E-state index contributed by atoms with van der Waals surface area (Å²) < 4.78 is 30.0. The molecule has 4 aromatic rings. The van der Waals surface area contributed by atoms with Crippen molar-refractivity contribution in [2.45, 2.75) is 25.6 Å². The van der Waals surface area contributed by atoms with Gasteiger partial charge in [-0.2, -0.15) is 5.10 Å². The fourth-order valence-electron chi connectivity index (χ4n) is 3.87. The molecule has 32 heavy (non-hydrogen) atoms. The van der Waals surface area contributed by atoms with Crippen LogP contribution in [-0.2, 0) is 9.59 Å². The molecule has 0 bridgehead atoms. The second kappa shape index (κ2) is 7.56. The van der Waals surface area contributed by atoms with Gasteiger partial charge in [-0.15, -0.1) is 0 Å². The molecule has 3 atom stereocenters. The number of H-pyrrole nitrogens is 1. The number of amides is 2. The molecule has 1 fully saturated rings. The molecule has 1 saturated carbocycles. The zero-order valence-corrected chi connectivity index (χ0v) is 17.5. The molecule has 2 amide bonds. The number of nitrogens with one attached hydrogen (secondary N) is 3. The molecule has 3 N–H and O–H groups in total. The van der Waals surface area contributed by atoms with Crippen LogP contribution in [0.2, 0.25) is 5.02 Å². The summed E-state index contributed by atoms with van der Waals surface area (Å²) >= 11 is 6.44. The van der Waals surface area contributed by atoms with Crippen LogP contribution in [0.5, 0.6) is 0 Å². The lowest BCUT2D eigenvalue weighted by molar-refractivity contribution is -0.117. The van der Waals surface area contributed by atoms with Crippen molar-refractivity contribution >= 4 is 46.3 Å². The molecule has 8 nitrogen and oxygen atoms in total. The SMILES string of the molecule is CC(NC=O)c1c(F)c(Cl)c(-c2ccc3nc(NC(=O)C4CC4F)cn3c2)c2cn[nH]c12. The number of halogens is 3. The van der Waals surface area contributed by atoms with Crippen molar-refractivity contribution in [1.82, 2.24) is 24.9 Å². The van der Waals surface area contributed by atoms with Crippen molar-refractivity contribution < 1.29 is 18.4 Å². The van der Waals surface area contributed by atoms with Crippen LogP contribution in [0.3, 0.4) is 0 Å². The van der Waals surface area contributed by atoms with E-state index < -0.39 is 29.9 Å². The highest BCUT2D eigenvalue weighted by molar-refractivity contribution is 6.35. The Balaban J connectivity index is 1.58. The first-order valence-corrected chi connectivity index (χ1v) is 10.2. The normalized spacial score (nSPS) is 18.6. The predicted octanol–water partition coefficient (Wildman–Crippen LogP) is 3.77. The number of rotatable bonds is 6. The van der Waals surface area contributed by atoms with Gasteiger partial charge in [0.15, 0.2) is 5.82 Å². The van der Waals surface area contributed by atoms with E-state index in [1.165, 1.54) is 0 Å². The Morgan fingerprint density at radius 1 is 1.41 bits per heavy atom. The molecule has 0 saturated heterocycles. The number of aromatic nitrogens is 4. The quantitative estimate of drug-likeness (QED) is 0.382. The Hall–Kier alpha value is -3.53. The van der Waals surface area contributed by atoms with Crippen LogP contribution in [0.4, 0.5) is 14.6 Å². The van der Waals surface area contributed by atoms with Crippen LogP contribution in [0.1, 0.15) is 24.9 Å². The van der Waals surface area contributed by atoms with Gasteiger partial charge < -0.3 is 15.0 Å². The summed E-state index contributed by atoms with van der Waals surface area (Å²) in [6.45, 7) is 1.64. The monoisotopic (exact) mass is 458 g/mol. The Morgan fingerprint density at radius 3 is 2.91 bits per heavy atom. The van der Waals surface area contributed by atoms with E-state index in [0.717, 1.165) is 0 Å². The number of hydrogen-bond donors (Lipinski definition) is 3. The van der Waals surface area contributed by atoms with Crippen LogP contribution < -0.4 is 10.6 Å². The summed E-state index contributed by atoms with van der Waals surface area (Å²) in [6, 6.07) is 2.80. The van der Waals surface area contributed by atoms with Crippen LogP contribution in [0, 0.1) is 11.7 Å². The summed E-state index contributed by atoms with van der Waals surface area (Å²) in [4.78, 5) is 27.2. The highest BCUT2D eigenvalue weighted by atomic mass is 35.5. The zero-order chi connectivity index (χ0) is 22.6. The Labute approximate surface area is 185 Å². The second-order valence-corrected chi connectivity index (χ2v) is 8.12. The molecule has 3 aromatic heterocycles. The van der Waals surface area contributed by atoms with Crippen molar-refractivity contribution in [2.24, 2.45) is 5.92 Å².